The molecular weight excluding hydrogens is 404 g/mol. The summed E-state index contributed by atoms with van der Waals surface area (Å²) in [6, 6.07) is 9.87. The van der Waals surface area contributed by atoms with E-state index in [-0.39, 0.29) is 36.0 Å². The van der Waals surface area contributed by atoms with Gasteiger partial charge in [-0.25, -0.2) is 12.7 Å². The van der Waals surface area contributed by atoms with Gasteiger partial charge in [0.2, 0.25) is 15.9 Å². The van der Waals surface area contributed by atoms with E-state index in [0.717, 1.165) is 12.0 Å². The molecule has 1 atom stereocenters. The number of nitrogens with zero attached hydrogens (tertiary/aromatic N) is 2. The maximum absolute atomic E-state index is 13.0. The highest BCUT2D eigenvalue weighted by Gasteiger charge is 2.36. The van der Waals surface area contributed by atoms with Crippen molar-refractivity contribution in [2.24, 2.45) is 11.8 Å². The topological polar surface area (TPSA) is 84.0 Å². The summed E-state index contributed by atoms with van der Waals surface area (Å²) in [6.07, 6.45) is 3.92. The van der Waals surface area contributed by atoms with Crippen molar-refractivity contribution in [3.8, 4) is 0 Å². The number of rotatable bonds is 7. The molecule has 2 aliphatic heterocycles. The van der Waals surface area contributed by atoms with Crippen molar-refractivity contribution in [3.05, 3.63) is 35.9 Å². The lowest BCUT2D eigenvalue weighted by molar-refractivity contribution is -0.149. The minimum Gasteiger partial charge on any atom is -0.469 e. The fraction of sp³-hybridized carbons (Fsp3) is 0.636. The minimum absolute atomic E-state index is 0.0162. The van der Waals surface area contributed by atoms with E-state index in [1.165, 1.54) is 11.4 Å². The average molecular weight is 437 g/mol. The summed E-state index contributed by atoms with van der Waals surface area (Å²) in [6.45, 7) is 1.81. The molecule has 0 N–H and O–H groups in total. The number of methoxy groups -OCH3 is 1. The van der Waals surface area contributed by atoms with Crippen molar-refractivity contribution >= 4 is 21.9 Å². The molecule has 0 spiro atoms. The number of piperidine rings is 2. The van der Waals surface area contributed by atoms with Crippen molar-refractivity contribution in [2.45, 2.75) is 38.5 Å². The summed E-state index contributed by atoms with van der Waals surface area (Å²) in [7, 11) is -1.99. The molecule has 7 nitrogen and oxygen atoms in total. The molecule has 0 aliphatic carbocycles. The van der Waals surface area contributed by atoms with Gasteiger partial charge >= 0.3 is 5.97 Å². The number of hydrogen-bond donors (Lipinski definition) is 0. The fourth-order valence-corrected chi connectivity index (χ4v) is 5.97. The van der Waals surface area contributed by atoms with E-state index < -0.39 is 10.0 Å². The summed E-state index contributed by atoms with van der Waals surface area (Å²) in [5, 5.41) is 0. The largest absolute Gasteiger partial charge is 0.469 e. The van der Waals surface area contributed by atoms with Crippen molar-refractivity contribution in [1.29, 1.82) is 0 Å². The third-order valence-electron chi connectivity index (χ3n) is 6.18. The molecule has 3 rings (SSSR count). The van der Waals surface area contributed by atoms with E-state index in [9.17, 15) is 18.0 Å². The van der Waals surface area contributed by atoms with Crippen LogP contribution in [0.2, 0.25) is 0 Å². The van der Waals surface area contributed by atoms with Crippen LogP contribution in [-0.4, -0.2) is 68.5 Å². The van der Waals surface area contributed by atoms with Crippen molar-refractivity contribution in [1.82, 2.24) is 9.21 Å². The summed E-state index contributed by atoms with van der Waals surface area (Å²) in [5.74, 6) is -0.535. The highest BCUT2D eigenvalue weighted by molar-refractivity contribution is 7.89. The van der Waals surface area contributed by atoms with Crippen LogP contribution >= 0.6 is 0 Å². The second-order valence-electron chi connectivity index (χ2n) is 8.23. The predicted octanol–water partition coefficient (Wildman–Crippen LogP) is 2.07. The van der Waals surface area contributed by atoms with Crippen LogP contribution in [0.3, 0.4) is 0 Å². The van der Waals surface area contributed by atoms with Crippen LogP contribution in [0, 0.1) is 11.8 Å². The Hall–Kier alpha value is -1.93. The molecular formula is C22H32N2O5S. The van der Waals surface area contributed by atoms with Crippen LogP contribution in [0.5, 0.6) is 0 Å². The highest BCUT2D eigenvalue weighted by atomic mass is 32.2. The molecule has 0 aromatic heterocycles. The van der Waals surface area contributed by atoms with E-state index in [1.54, 1.807) is 4.90 Å². The lowest BCUT2D eigenvalue weighted by atomic mass is 9.93. The lowest BCUT2D eigenvalue weighted by Crippen LogP contribution is -2.49. The van der Waals surface area contributed by atoms with Crippen LogP contribution in [0.25, 0.3) is 0 Å². The third-order valence-corrected chi connectivity index (χ3v) is 8.10. The van der Waals surface area contributed by atoms with Crippen molar-refractivity contribution < 1.29 is 22.7 Å². The maximum Gasteiger partial charge on any atom is 0.308 e. The highest BCUT2D eigenvalue weighted by Crippen LogP contribution is 2.25. The van der Waals surface area contributed by atoms with E-state index >= 15 is 0 Å². The smallest absolute Gasteiger partial charge is 0.308 e. The molecule has 1 aromatic rings. The minimum atomic E-state index is -3.37. The lowest BCUT2D eigenvalue weighted by Gasteiger charge is -2.37. The maximum atomic E-state index is 13.0. The molecule has 1 amide bonds. The van der Waals surface area contributed by atoms with Gasteiger partial charge in [0.05, 0.1) is 24.7 Å². The van der Waals surface area contributed by atoms with Gasteiger partial charge in [-0.1, -0.05) is 30.3 Å². The van der Waals surface area contributed by atoms with Crippen LogP contribution in [0.4, 0.5) is 0 Å². The first-order valence-corrected chi connectivity index (χ1v) is 12.4. The monoisotopic (exact) mass is 436 g/mol. The number of carbonyl (C=O) groups is 2. The number of hydrogen-bond acceptors (Lipinski definition) is 5. The first-order chi connectivity index (χ1) is 14.4. The Kier molecular flexibility index (Phi) is 7.88. The van der Waals surface area contributed by atoms with E-state index in [2.05, 4.69) is 0 Å². The molecule has 30 heavy (non-hydrogen) atoms. The van der Waals surface area contributed by atoms with Gasteiger partial charge in [-0.2, -0.15) is 0 Å². The number of likely N-dealkylation sites (tertiary alicyclic amines) is 1. The van der Waals surface area contributed by atoms with Crippen LogP contribution in [0.15, 0.2) is 30.3 Å². The molecule has 1 aromatic carbocycles. The average Bonchev–Trinajstić information content (AvgIpc) is 2.79. The molecule has 0 radical (unpaired) electrons. The molecule has 166 valence electrons. The number of carbonyl (C=O) groups excluding carboxylic acids is 2. The number of ether oxygens (including phenoxy) is 1. The Morgan fingerprint density at radius 1 is 1.03 bits per heavy atom. The van der Waals surface area contributed by atoms with E-state index in [1.807, 2.05) is 30.3 Å². The Labute approximate surface area is 179 Å². The number of sulfonamides is 1. The molecule has 0 saturated carbocycles. The molecule has 2 aliphatic rings. The summed E-state index contributed by atoms with van der Waals surface area (Å²) in [5.41, 5.74) is 1.13. The van der Waals surface area contributed by atoms with Gasteiger partial charge in [0.25, 0.3) is 0 Å². The molecule has 2 saturated heterocycles. The van der Waals surface area contributed by atoms with Gasteiger partial charge in [-0.05, 0) is 44.1 Å². The SMILES string of the molecule is COC(=O)C1CCN(C(=O)[C@H]2CCCN(S(=O)(=O)CCCc3ccccc3)C2)CC1. The zero-order valence-electron chi connectivity index (χ0n) is 17.7. The first-order valence-electron chi connectivity index (χ1n) is 10.8. The zero-order chi connectivity index (χ0) is 21.6. The Morgan fingerprint density at radius 2 is 1.73 bits per heavy atom. The van der Waals surface area contributed by atoms with Crippen molar-refractivity contribution in [2.75, 3.05) is 39.0 Å². The van der Waals surface area contributed by atoms with Gasteiger partial charge < -0.3 is 9.64 Å². The van der Waals surface area contributed by atoms with Crippen LogP contribution in [0.1, 0.15) is 37.7 Å². The van der Waals surface area contributed by atoms with Gasteiger partial charge in [0.1, 0.15) is 0 Å². The van der Waals surface area contributed by atoms with Gasteiger partial charge in [-0.3, -0.25) is 9.59 Å². The van der Waals surface area contributed by atoms with Crippen LogP contribution in [-0.2, 0) is 30.8 Å². The van der Waals surface area contributed by atoms with Crippen molar-refractivity contribution in [3.63, 3.8) is 0 Å². The Balaban J connectivity index is 1.50. The second kappa shape index (κ2) is 10.4. The number of esters is 1. The van der Waals surface area contributed by atoms with Gasteiger partial charge in [0, 0.05) is 26.2 Å². The second-order valence-corrected chi connectivity index (χ2v) is 10.3. The van der Waals surface area contributed by atoms with Crippen LogP contribution < -0.4 is 0 Å². The standard InChI is InChI=1S/C22H32N2O5S/c1-29-22(26)19-11-14-23(15-12-19)21(25)20-10-5-13-24(17-20)30(27,28)16-6-9-18-7-3-2-4-8-18/h2-4,7-8,19-20H,5-6,9-17H2,1H3/t20-/m0/s1. The summed E-state index contributed by atoms with van der Waals surface area (Å²) in [4.78, 5) is 26.4. The van der Waals surface area contributed by atoms with E-state index in [0.29, 0.717) is 51.7 Å². The zero-order valence-corrected chi connectivity index (χ0v) is 18.5. The quantitative estimate of drug-likeness (QED) is 0.611. The summed E-state index contributed by atoms with van der Waals surface area (Å²) < 4.78 is 31.9. The predicted molar refractivity (Wildman–Crippen MR) is 114 cm³/mol. The number of benzene rings is 1. The van der Waals surface area contributed by atoms with Gasteiger partial charge in [0.15, 0.2) is 0 Å². The Bertz CT molecular complexity index is 819. The Morgan fingerprint density at radius 3 is 2.40 bits per heavy atom. The number of aryl methyl sites for hydroxylation is 1. The van der Waals surface area contributed by atoms with E-state index in [4.69, 9.17) is 4.74 Å². The summed E-state index contributed by atoms with van der Waals surface area (Å²) >= 11 is 0. The molecule has 2 heterocycles. The third kappa shape index (κ3) is 5.82. The molecule has 0 bridgehead atoms. The fourth-order valence-electron chi connectivity index (χ4n) is 4.39. The normalized spacial score (nSPS) is 21.4. The van der Waals surface area contributed by atoms with Gasteiger partial charge in [-0.15, -0.1) is 0 Å². The molecule has 8 heteroatoms. The molecule has 0 unspecified atom stereocenters. The first kappa shape index (κ1) is 22.7. The molecule has 2 fully saturated rings. The number of amides is 1.